The van der Waals surface area contributed by atoms with Gasteiger partial charge in [0.25, 0.3) is 0 Å². The Morgan fingerprint density at radius 3 is 2.47 bits per heavy atom. The normalized spacial score (nSPS) is 12.3. The van der Waals surface area contributed by atoms with Crippen LogP contribution >= 0.6 is 15.9 Å². The van der Waals surface area contributed by atoms with Crippen LogP contribution < -0.4 is 0 Å². The second kappa shape index (κ2) is 3.27. The van der Waals surface area contributed by atoms with Crippen molar-refractivity contribution in [3.8, 4) is 0 Å². The fourth-order valence-corrected chi connectivity index (χ4v) is 1.97. The van der Waals surface area contributed by atoms with Gasteiger partial charge in [-0.05, 0) is 24.3 Å². The topological polar surface area (TPSA) is 4.93 Å². The first-order chi connectivity index (χ1) is 6.89. The number of alkyl halides is 3. The third kappa shape index (κ3) is 1.76. The molecule has 0 amide bonds. The Morgan fingerprint density at radius 2 is 1.87 bits per heavy atom. The van der Waals surface area contributed by atoms with E-state index in [4.69, 9.17) is 0 Å². The average Bonchev–Trinajstić information content (AvgIpc) is 2.42. The molecule has 1 aromatic carbocycles. The highest BCUT2D eigenvalue weighted by Gasteiger charge is 2.34. The first kappa shape index (κ1) is 10.5. The minimum Gasteiger partial charge on any atom is -0.340 e. The van der Waals surface area contributed by atoms with Gasteiger partial charge < -0.3 is 4.57 Å². The number of rotatable bonds is 0. The minimum absolute atomic E-state index is 0.575. The summed E-state index contributed by atoms with van der Waals surface area (Å²) < 4.78 is 39.6. The summed E-state index contributed by atoms with van der Waals surface area (Å²) in [5.41, 5.74) is -0.0545. The maximum absolute atomic E-state index is 12.6. The molecule has 0 saturated carbocycles. The molecule has 0 aliphatic rings. The van der Waals surface area contributed by atoms with Gasteiger partial charge in [0, 0.05) is 22.4 Å². The van der Waals surface area contributed by atoms with Crippen molar-refractivity contribution in [2.45, 2.75) is 6.18 Å². The van der Waals surface area contributed by atoms with E-state index in [-0.39, 0.29) is 0 Å². The molecule has 0 spiro atoms. The fourth-order valence-electron chi connectivity index (χ4n) is 1.59. The molecule has 1 aromatic heterocycles. The predicted molar refractivity (Wildman–Crippen MR) is 55.6 cm³/mol. The van der Waals surface area contributed by atoms with Gasteiger partial charge in [-0.2, -0.15) is 13.2 Å². The van der Waals surface area contributed by atoms with E-state index in [9.17, 15) is 13.2 Å². The highest BCUT2D eigenvalue weighted by atomic mass is 79.9. The Balaban J connectivity index is 2.75. The van der Waals surface area contributed by atoms with Crippen molar-refractivity contribution in [3.05, 3.63) is 34.4 Å². The number of halogens is 4. The lowest BCUT2D eigenvalue weighted by molar-refractivity contribution is -0.142. The second-order valence-electron chi connectivity index (χ2n) is 3.29. The van der Waals surface area contributed by atoms with Crippen molar-refractivity contribution in [2.75, 3.05) is 0 Å². The second-order valence-corrected chi connectivity index (χ2v) is 4.21. The van der Waals surface area contributed by atoms with Crippen LogP contribution in [0.5, 0.6) is 0 Å². The Bertz CT molecular complexity index is 513. The van der Waals surface area contributed by atoms with Crippen LogP contribution in [0.4, 0.5) is 13.2 Å². The third-order valence-electron chi connectivity index (χ3n) is 2.29. The Morgan fingerprint density at radius 1 is 1.20 bits per heavy atom. The molecule has 1 heterocycles. The van der Waals surface area contributed by atoms with Gasteiger partial charge in [0.1, 0.15) is 5.69 Å². The molecule has 5 heteroatoms. The molecule has 0 atom stereocenters. The van der Waals surface area contributed by atoms with Gasteiger partial charge in [0.15, 0.2) is 0 Å². The van der Waals surface area contributed by atoms with Crippen LogP contribution in [-0.4, -0.2) is 4.57 Å². The van der Waals surface area contributed by atoms with Gasteiger partial charge in [0.2, 0.25) is 0 Å². The maximum atomic E-state index is 12.6. The summed E-state index contributed by atoms with van der Waals surface area (Å²) in [6.45, 7) is 0. The largest absolute Gasteiger partial charge is 0.431 e. The van der Waals surface area contributed by atoms with Crippen LogP contribution in [0.15, 0.2) is 28.7 Å². The van der Waals surface area contributed by atoms with Crippen molar-refractivity contribution in [2.24, 2.45) is 7.05 Å². The van der Waals surface area contributed by atoms with Gasteiger partial charge in [-0.25, -0.2) is 0 Å². The zero-order valence-electron chi connectivity index (χ0n) is 7.77. The van der Waals surface area contributed by atoms with Crippen LogP contribution in [0.25, 0.3) is 10.9 Å². The molecule has 0 unspecified atom stereocenters. The van der Waals surface area contributed by atoms with Gasteiger partial charge in [0.05, 0.1) is 0 Å². The number of hydrogen-bond acceptors (Lipinski definition) is 0. The van der Waals surface area contributed by atoms with Crippen molar-refractivity contribution >= 4 is 26.8 Å². The monoisotopic (exact) mass is 277 g/mol. The van der Waals surface area contributed by atoms with Crippen LogP contribution in [0, 0.1) is 0 Å². The Labute approximate surface area is 92.6 Å². The molecular weight excluding hydrogens is 271 g/mol. The maximum Gasteiger partial charge on any atom is 0.431 e. The van der Waals surface area contributed by atoms with E-state index in [1.54, 1.807) is 18.2 Å². The Hall–Kier alpha value is -0.970. The number of benzene rings is 1. The average molecular weight is 278 g/mol. The van der Waals surface area contributed by atoms with E-state index in [2.05, 4.69) is 15.9 Å². The number of fused-ring (bicyclic) bond motifs is 1. The van der Waals surface area contributed by atoms with Crippen LogP contribution in [0.3, 0.4) is 0 Å². The SMILES string of the molecule is Cn1c(C(F)(F)F)cc2cc(Br)ccc21. The Kier molecular flexibility index (Phi) is 2.30. The summed E-state index contributed by atoms with van der Waals surface area (Å²) in [5, 5.41) is 0.583. The molecule has 2 rings (SSSR count). The molecule has 0 aliphatic heterocycles. The van der Waals surface area contributed by atoms with E-state index in [1.165, 1.54) is 7.05 Å². The van der Waals surface area contributed by atoms with Crippen molar-refractivity contribution in [1.29, 1.82) is 0 Å². The lowest BCUT2D eigenvalue weighted by Gasteiger charge is -2.07. The number of aromatic nitrogens is 1. The molecule has 0 radical (unpaired) electrons. The first-order valence-electron chi connectivity index (χ1n) is 4.22. The van der Waals surface area contributed by atoms with E-state index in [0.29, 0.717) is 10.9 Å². The molecule has 0 N–H and O–H groups in total. The predicted octanol–water partition coefficient (Wildman–Crippen LogP) is 3.96. The fraction of sp³-hybridized carbons (Fsp3) is 0.200. The molecule has 0 aliphatic carbocycles. The summed E-state index contributed by atoms with van der Waals surface area (Å²) >= 11 is 3.23. The lowest BCUT2D eigenvalue weighted by Crippen LogP contribution is -2.10. The number of aryl methyl sites for hydroxylation is 1. The highest BCUT2D eigenvalue weighted by Crippen LogP contribution is 2.33. The van der Waals surface area contributed by atoms with E-state index < -0.39 is 11.9 Å². The van der Waals surface area contributed by atoms with E-state index in [0.717, 1.165) is 15.1 Å². The van der Waals surface area contributed by atoms with E-state index >= 15 is 0 Å². The van der Waals surface area contributed by atoms with Gasteiger partial charge in [-0.3, -0.25) is 0 Å². The molecule has 0 bridgehead atoms. The number of hydrogen-bond donors (Lipinski definition) is 0. The first-order valence-corrected chi connectivity index (χ1v) is 5.01. The summed E-state index contributed by atoms with van der Waals surface area (Å²) in [6, 6.07) is 6.21. The summed E-state index contributed by atoms with van der Waals surface area (Å²) in [5.74, 6) is 0. The zero-order valence-corrected chi connectivity index (χ0v) is 9.35. The van der Waals surface area contributed by atoms with Crippen molar-refractivity contribution in [1.82, 2.24) is 4.57 Å². The van der Waals surface area contributed by atoms with E-state index in [1.807, 2.05) is 0 Å². The minimum atomic E-state index is -4.31. The molecule has 1 nitrogen and oxygen atoms in total. The van der Waals surface area contributed by atoms with Gasteiger partial charge in [-0.1, -0.05) is 15.9 Å². The quantitative estimate of drug-likeness (QED) is 0.687. The molecule has 15 heavy (non-hydrogen) atoms. The summed E-state index contributed by atoms with van der Waals surface area (Å²) in [7, 11) is 1.42. The molecular formula is C10H7BrF3N. The molecule has 0 saturated heterocycles. The van der Waals surface area contributed by atoms with Crippen LogP contribution in [-0.2, 0) is 13.2 Å². The summed E-state index contributed by atoms with van der Waals surface area (Å²) in [6.07, 6.45) is -4.31. The van der Waals surface area contributed by atoms with Gasteiger partial charge >= 0.3 is 6.18 Å². The van der Waals surface area contributed by atoms with Crippen molar-refractivity contribution < 1.29 is 13.2 Å². The molecule has 0 fully saturated rings. The molecule has 80 valence electrons. The third-order valence-corrected chi connectivity index (χ3v) is 2.79. The van der Waals surface area contributed by atoms with Crippen LogP contribution in [0.1, 0.15) is 5.69 Å². The van der Waals surface area contributed by atoms with Crippen molar-refractivity contribution in [3.63, 3.8) is 0 Å². The zero-order chi connectivity index (χ0) is 11.2. The van der Waals surface area contributed by atoms with Crippen LogP contribution in [0.2, 0.25) is 0 Å². The lowest BCUT2D eigenvalue weighted by atomic mass is 10.2. The molecule has 2 aromatic rings. The standard InChI is InChI=1S/C10H7BrF3N/c1-15-8-3-2-7(11)4-6(8)5-9(15)10(12,13)14/h2-5H,1H3. The summed E-state index contributed by atoms with van der Waals surface area (Å²) in [4.78, 5) is 0. The smallest absolute Gasteiger partial charge is 0.340 e. The highest BCUT2D eigenvalue weighted by molar-refractivity contribution is 9.10. The number of nitrogens with zero attached hydrogens (tertiary/aromatic N) is 1. The van der Waals surface area contributed by atoms with Gasteiger partial charge in [-0.15, -0.1) is 0 Å².